The van der Waals surface area contributed by atoms with Gasteiger partial charge >= 0.3 is 0 Å². The van der Waals surface area contributed by atoms with Crippen LogP contribution in [0, 0.1) is 6.92 Å². The second kappa shape index (κ2) is 7.14. The zero-order valence-electron chi connectivity index (χ0n) is 12.7. The van der Waals surface area contributed by atoms with Crippen molar-refractivity contribution < 1.29 is 17.9 Å². The van der Waals surface area contributed by atoms with Crippen LogP contribution in [0.4, 0.5) is 5.69 Å². The number of ether oxygens (including phenoxy) is 1. The van der Waals surface area contributed by atoms with Gasteiger partial charge in [-0.15, -0.1) is 0 Å². The molecule has 0 aromatic heterocycles. The van der Waals surface area contributed by atoms with Gasteiger partial charge in [0.1, 0.15) is 5.75 Å². The van der Waals surface area contributed by atoms with E-state index in [2.05, 4.69) is 21.2 Å². The molecule has 2 aromatic rings. The van der Waals surface area contributed by atoms with Gasteiger partial charge in [-0.25, -0.2) is 8.42 Å². The van der Waals surface area contributed by atoms with Crippen LogP contribution in [-0.2, 0) is 14.6 Å². The third-order valence-corrected chi connectivity index (χ3v) is 4.76. The summed E-state index contributed by atoms with van der Waals surface area (Å²) in [4.78, 5) is 12.1. The van der Waals surface area contributed by atoms with Crippen LogP contribution in [0.2, 0.25) is 0 Å². The lowest BCUT2D eigenvalue weighted by molar-refractivity contribution is -0.118. The van der Waals surface area contributed by atoms with Crippen molar-refractivity contribution >= 4 is 37.4 Å². The highest BCUT2D eigenvalue weighted by molar-refractivity contribution is 9.10. The van der Waals surface area contributed by atoms with Crippen LogP contribution in [0.15, 0.2) is 51.8 Å². The first-order chi connectivity index (χ1) is 10.8. The molecule has 2 rings (SSSR count). The maximum Gasteiger partial charge on any atom is 0.262 e. The number of amides is 1. The van der Waals surface area contributed by atoms with E-state index in [0.717, 1.165) is 16.3 Å². The lowest BCUT2D eigenvalue weighted by Gasteiger charge is -2.09. The molecule has 0 saturated heterocycles. The van der Waals surface area contributed by atoms with Crippen LogP contribution in [0.25, 0.3) is 0 Å². The highest BCUT2D eigenvalue weighted by atomic mass is 79.9. The fourth-order valence-corrected chi connectivity index (χ4v) is 3.09. The van der Waals surface area contributed by atoms with E-state index >= 15 is 0 Å². The number of hydrogen-bond acceptors (Lipinski definition) is 4. The standard InChI is InChI=1S/C16H16BrNO4S/c1-11-3-8-15(14(17)9-11)22-10-16(19)18-12-4-6-13(7-5-12)23(2,20)21/h3-9H,10H2,1-2H3,(H,18,19). The SMILES string of the molecule is Cc1ccc(OCC(=O)Nc2ccc(S(C)(=O)=O)cc2)c(Br)c1. The Hall–Kier alpha value is -1.86. The zero-order valence-corrected chi connectivity index (χ0v) is 15.1. The van der Waals surface area contributed by atoms with E-state index in [1.54, 1.807) is 6.07 Å². The average molecular weight is 398 g/mol. The molecule has 7 heteroatoms. The van der Waals surface area contributed by atoms with E-state index in [0.29, 0.717) is 11.4 Å². The maximum absolute atomic E-state index is 11.9. The molecule has 0 atom stereocenters. The number of sulfone groups is 1. The molecule has 0 bridgehead atoms. The summed E-state index contributed by atoms with van der Waals surface area (Å²) in [6.07, 6.45) is 1.13. The molecule has 0 aliphatic rings. The van der Waals surface area contributed by atoms with Crippen molar-refractivity contribution in [2.24, 2.45) is 0 Å². The summed E-state index contributed by atoms with van der Waals surface area (Å²) in [5.41, 5.74) is 1.59. The van der Waals surface area contributed by atoms with Gasteiger partial charge in [-0.3, -0.25) is 4.79 Å². The second-order valence-electron chi connectivity index (χ2n) is 5.07. The fraction of sp³-hybridized carbons (Fsp3) is 0.188. The monoisotopic (exact) mass is 397 g/mol. The molecular formula is C16H16BrNO4S. The van der Waals surface area contributed by atoms with Crippen LogP contribution < -0.4 is 10.1 Å². The van der Waals surface area contributed by atoms with E-state index in [4.69, 9.17) is 4.74 Å². The molecule has 0 saturated carbocycles. The van der Waals surface area contributed by atoms with Crippen LogP contribution in [-0.4, -0.2) is 27.2 Å². The van der Waals surface area contributed by atoms with E-state index < -0.39 is 9.84 Å². The largest absolute Gasteiger partial charge is 0.483 e. The van der Waals surface area contributed by atoms with E-state index in [1.807, 2.05) is 19.1 Å². The number of anilines is 1. The van der Waals surface area contributed by atoms with Crippen LogP contribution in [0.1, 0.15) is 5.56 Å². The molecule has 122 valence electrons. The summed E-state index contributed by atoms with van der Waals surface area (Å²) in [7, 11) is -3.25. The molecule has 23 heavy (non-hydrogen) atoms. The minimum absolute atomic E-state index is 0.143. The summed E-state index contributed by atoms with van der Waals surface area (Å²) in [5.74, 6) is 0.253. The Bertz CT molecular complexity index is 816. The summed E-state index contributed by atoms with van der Waals surface area (Å²) in [5, 5.41) is 2.65. The zero-order chi connectivity index (χ0) is 17.0. The van der Waals surface area contributed by atoms with Crippen LogP contribution in [0.3, 0.4) is 0 Å². The van der Waals surface area contributed by atoms with E-state index in [1.165, 1.54) is 24.3 Å². The number of benzene rings is 2. The van der Waals surface area contributed by atoms with Crippen molar-refractivity contribution in [3.05, 3.63) is 52.5 Å². The molecule has 1 amide bonds. The summed E-state index contributed by atoms with van der Waals surface area (Å²) in [6.45, 7) is 1.82. The van der Waals surface area contributed by atoms with Crippen molar-refractivity contribution in [2.75, 3.05) is 18.2 Å². The smallest absolute Gasteiger partial charge is 0.262 e. The predicted molar refractivity (Wildman–Crippen MR) is 92.6 cm³/mol. The Morgan fingerprint density at radius 2 is 1.83 bits per heavy atom. The molecule has 0 unspecified atom stereocenters. The lowest BCUT2D eigenvalue weighted by Crippen LogP contribution is -2.20. The minimum Gasteiger partial charge on any atom is -0.483 e. The summed E-state index contributed by atoms with van der Waals surface area (Å²) >= 11 is 3.38. The van der Waals surface area contributed by atoms with Gasteiger partial charge in [0, 0.05) is 11.9 Å². The molecule has 0 fully saturated rings. The van der Waals surface area contributed by atoms with E-state index in [9.17, 15) is 13.2 Å². The third kappa shape index (κ3) is 5.07. The molecule has 0 spiro atoms. The van der Waals surface area contributed by atoms with Crippen molar-refractivity contribution in [1.29, 1.82) is 0 Å². The molecule has 2 aromatic carbocycles. The number of rotatable bonds is 5. The van der Waals surface area contributed by atoms with Gasteiger partial charge in [0.25, 0.3) is 5.91 Å². The average Bonchev–Trinajstić information content (AvgIpc) is 2.46. The molecule has 0 aliphatic carbocycles. The van der Waals surface area contributed by atoms with Crippen molar-refractivity contribution in [3.63, 3.8) is 0 Å². The van der Waals surface area contributed by atoms with Gasteiger partial charge < -0.3 is 10.1 Å². The van der Waals surface area contributed by atoms with Gasteiger partial charge in [-0.1, -0.05) is 6.07 Å². The molecule has 0 aliphatic heterocycles. The number of nitrogens with one attached hydrogen (secondary N) is 1. The third-order valence-electron chi connectivity index (χ3n) is 3.01. The highest BCUT2D eigenvalue weighted by Gasteiger charge is 2.09. The first-order valence-electron chi connectivity index (χ1n) is 6.74. The Morgan fingerprint density at radius 1 is 1.17 bits per heavy atom. The topological polar surface area (TPSA) is 72.5 Å². The van der Waals surface area contributed by atoms with E-state index in [-0.39, 0.29) is 17.4 Å². The van der Waals surface area contributed by atoms with Crippen molar-refractivity contribution in [3.8, 4) is 5.75 Å². The van der Waals surface area contributed by atoms with Crippen molar-refractivity contribution in [2.45, 2.75) is 11.8 Å². The first-order valence-corrected chi connectivity index (χ1v) is 9.43. The van der Waals surface area contributed by atoms with Gasteiger partial charge in [-0.05, 0) is 64.8 Å². The molecule has 5 nitrogen and oxygen atoms in total. The number of aryl methyl sites for hydroxylation is 1. The number of hydrogen-bond donors (Lipinski definition) is 1. The summed E-state index contributed by atoms with van der Waals surface area (Å²) < 4.78 is 29.0. The Morgan fingerprint density at radius 3 is 2.39 bits per heavy atom. The number of halogens is 1. The Balaban J connectivity index is 1.94. The van der Waals surface area contributed by atoms with Gasteiger partial charge in [0.2, 0.25) is 0 Å². The van der Waals surface area contributed by atoms with Gasteiger partial charge in [-0.2, -0.15) is 0 Å². The van der Waals surface area contributed by atoms with Crippen molar-refractivity contribution in [1.82, 2.24) is 0 Å². The van der Waals surface area contributed by atoms with Crippen LogP contribution in [0.5, 0.6) is 5.75 Å². The quantitative estimate of drug-likeness (QED) is 0.840. The first kappa shape index (κ1) is 17.5. The predicted octanol–water partition coefficient (Wildman–Crippen LogP) is 3.18. The molecule has 0 radical (unpaired) electrons. The molecule has 0 heterocycles. The maximum atomic E-state index is 11.9. The minimum atomic E-state index is -3.25. The Labute approximate surface area is 143 Å². The highest BCUT2D eigenvalue weighted by Crippen LogP contribution is 2.25. The molecular weight excluding hydrogens is 382 g/mol. The summed E-state index contributed by atoms with van der Waals surface area (Å²) in [6, 6.07) is 11.5. The number of carbonyl (C=O) groups is 1. The second-order valence-corrected chi connectivity index (χ2v) is 7.94. The van der Waals surface area contributed by atoms with Crippen LogP contribution >= 0.6 is 15.9 Å². The number of carbonyl (C=O) groups excluding carboxylic acids is 1. The Kier molecular flexibility index (Phi) is 5.43. The van der Waals surface area contributed by atoms with Gasteiger partial charge in [0.05, 0.1) is 9.37 Å². The lowest BCUT2D eigenvalue weighted by atomic mass is 10.2. The fourth-order valence-electron chi connectivity index (χ4n) is 1.85. The molecule has 1 N–H and O–H groups in total. The normalized spacial score (nSPS) is 11.1. The van der Waals surface area contributed by atoms with Gasteiger partial charge in [0.15, 0.2) is 16.4 Å².